The lowest BCUT2D eigenvalue weighted by molar-refractivity contribution is -0.117. The molecule has 1 aromatic heterocycles. The first-order valence-corrected chi connectivity index (χ1v) is 6.44. The van der Waals surface area contributed by atoms with Gasteiger partial charge in [-0.3, -0.25) is 9.69 Å². The number of ketones is 1. The molecule has 1 N–H and O–H groups in total. The highest BCUT2D eigenvalue weighted by Crippen LogP contribution is 2.28. The van der Waals surface area contributed by atoms with Crippen LogP contribution in [0.2, 0.25) is 0 Å². The molecule has 0 amide bonds. The first kappa shape index (κ1) is 12.3. The standard InChI is InChI=1S/C12H15NO3S/c1-8(14)2-4-13-5-3-10-9(7-13)6-11(17-10)12(15)16/h6H,2-5,7H2,1H3,(H,15,16). The molecule has 1 aliphatic rings. The summed E-state index contributed by atoms with van der Waals surface area (Å²) in [5.41, 5.74) is 1.11. The number of hydrogen-bond acceptors (Lipinski definition) is 4. The molecular weight excluding hydrogens is 238 g/mol. The molecule has 2 heterocycles. The quantitative estimate of drug-likeness (QED) is 0.888. The zero-order valence-corrected chi connectivity index (χ0v) is 10.5. The van der Waals surface area contributed by atoms with Crippen LogP contribution in [-0.2, 0) is 17.8 Å². The molecule has 0 unspecified atom stereocenters. The molecule has 5 heteroatoms. The molecule has 0 saturated heterocycles. The zero-order valence-electron chi connectivity index (χ0n) is 9.73. The Morgan fingerprint density at radius 1 is 1.53 bits per heavy atom. The van der Waals surface area contributed by atoms with Crippen LogP contribution in [-0.4, -0.2) is 34.8 Å². The van der Waals surface area contributed by atoms with Gasteiger partial charge in [0.1, 0.15) is 10.7 Å². The van der Waals surface area contributed by atoms with Gasteiger partial charge in [-0.15, -0.1) is 11.3 Å². The number of carbonyl (C=O) groups excluding carboxylic acids is 1. The van der Waals surface area contributed by atoms with Crippen molar-refractivity contribution in [1.29, 1.82) is 0 Å². The summed E-state index contributed by atoms with van der Waals surface area (Å²) in [5, 5.41) is 8.93. The highest BCUT2D eigenvalue weighted by atomic mass is 32.1. The SMILES string of the molecule is CC(=O)CCN1CCc2sc(C(=O)O)cc2C1. The van der Waals surface area contributed by atoms with Gasteiger partial charge in [0.05, 0.1) is 0 Å². The molecule has 0 atom stereocenters. The van der Waals surface area contributed by atoms with E-state index in [1.165, 1.54) is 16.2 Å². The minimum Gasteiger partial charge on any atom is -0.477 e. The van der Waals surface area contributed by atoms with Crippen molar-refractivity contribution in [3.05, 3.63) is 21.4 Å². The summed E-state index contributed by atoms with van der Waals surface area (Å²) in [7, 11) is 0. The largest absolute Gasteiger partial charge is 0.477 e. The molecule has 0 aliphatic carbocycles. The van der Waals surface area contributed by atoms with Crippen LogP contribution in [0.4, 0.5) is 0 Å². The smallest absolute Gasteiger partial charge is 0.345 e. The Labute approximate surface area is 104 Å². The Hall–Kier alpha value is -1.20. The van der Waals surface area contributed by atoms with Crippen molar-refractivity contribution in [1.82, 2.24) is 4.90 Å². The number of carbonyl (C=O) groups is 2. The lowest BCUT2D eigenvalue weighted by Gasteiger charge is -2.26. The number of hydrogen-bond donors (Lipinski definition) is 1. The normalized spacial score (nSPS) is 15.6. The predicted octanol–water partition coefficient (Wildman–Crippen LogP) is 1.78. The molecule has 0 spiro atoms. The second kappa shape index (κ2) is 4.98. The van der Waals surface area contributed by atoms with E-state index in [9.17, 15) is 9.59 Å². The third-order valence-electron chi connectivity index (χ3n) is 2.94. The van der Waals surface area contributed by atoms with Gasteiger partial charge < -0.3 is 5.11 Å². The van der Waals surface area contributed by atoms with Crippen LogP contribution in [0.15, 0.2) is 6.07 Å². The van der Waals surface area contributed by atoms with Crippen LogP contribution in [0.5, 0.6) is 0 Å². The summed E-state index contributed by atoms with van der Waals surface area (Å²) < 4.78 is 0. The van der Waals surface area contributed by atoms with Crippen LogP contribution in [0.25, 0.3) is 0 Å². The number of Topliss-reactive ketones (excluding diaryl/α,β-unsaturated/α-hetero) is 1. The van der Waals surface area contributed by atoms with Crippen molar-refractivity contribution in [3.8, 4) is 0 Å². The van der Waals surface area contributed by atoms with Gasteiger partial charge in [0.25, 0.3) is 0 Å². The maximum Gasteiger partial charge on any atom is 0.345 e. The van der Waals surface area contributed by atoms with Crippen molar-refractivity contribution in [2.75, 3.05) is 13.1 Å². The topological polar surface area (TPSA) is 57.6 Å². The van der Waals surface area contributed by atoms with E-state index < -0.39 is 5.97 Å². The maximum atomic E-state index is 10.9. The Bertz CT molecular complexity index is 453. The predicted molar refractivity (Wildman–Crippen MR) is 65.6 cm³/mol. The number of aromatic carboxylic acids is 1. The maximum absolute atomic E-state index is 10.9. The van der Waals surface area contributed by atoms with E-state index in [2.05, 4.69) is 4.90 Å². The zero-order chi connectivity index (χ0) is 12.4. The van der Waals surface area contributed by atoms with Gasteiger partial charge >= 0.3 is 5.97 Å². The van der Waals surface area contributed by atoms with Gasteiger partial charge in [0, 0.05) is 30.9 Å². The molecule has 1 aromatic rings. The van der Waals surface area contributed by atoms with E-state index >= 15 is 0 Å². The number of thiophene rings is 1. The van der Waals surface area contributed by atoms with Gasteiger partial charge in [0.2, 0.25) is 0 Å². The van der Waals surface area contributed by atoms with Crippen molar-refractivity contribution in [3.63, 3.8) is 0 Å². The van der Waals surface area contributed by atoms with Crippen LogP contribution in [0.3, 0.4) is 0 Å². The third-order valence-corrected chi connectivity index (χ3v) is 4.16. The van der Waals surface area contributed by atoms with Gasteiger partial charge in [-0.2, -0.15) is 0 Å². The molecule has 0 fully saturated rings. The number of rotatable bonds is 4. The Morgan fingerprint density at radius 2 is 2.29 bits per heavy atom. The average Bonchev–Trinajstić information content (AvgIpc) is 2.69. The van der Waals surface area contributed by atoms with E-state index in [1.54, 1.807) is 13.0 Å². The van der Waals surface area contributed by atoms with E-state index in [-0.39, 0.29) is 5.78 Å². The lowest BCUT2D eigenvalue weighted by Crippen LogP contribution is -2.31. The molecular formula is C12H15NO3S. The van der Waals surface area contributed by atoms with Crippen molar-refractivity contribution >= 4 is 23.1 Å². The Balaban J connectivity index is 2.03. The molecule has 0 bridgehead atoms. The molecule has 0 aromatic carbocycles. The van der Waals surface area contributed by atoms with E-state index in [1.807, 2.05) is 0 Å². The number of carboxylic acids is 1. The molecule has 0 radical (unpaired) electrons. The van der Waals surface area contributed by atoms with Crippen LogP contribution in [0, 0.1) is 0 Å². The lowest BCUT2D eigenvalue weighted by atomic mass is 10.1. The molecule has 17 heavy (non-hydrogen) atoms. The summed E-state index contributed by atoms with van der Waals surface area (Å²) in [5.74, 6) is -0.646. The van der Waals surface area contributed by atoms with Gasteiger partial charge in [0.15, 0.2) is 0 Å². The molecule has 1 aliphatic heterocycles. The molecule has 2 rings (SSSR count). The van der Waals surface area contributed by atoms with E-state index in [0.29, 0.717) is 11.3 Å². The van der Waals surface area contributed by atoms with Crippen molar-refractivity contribution in [2.45, 2.75) is 26.3 Å². The summed E-state index contributed by atoms with van der Waals surface area (Å²) in [6.45, 7) is 4.06. The molecule has 0 saturated carbocycles. The summed E-state index contributed by atoms with van der Waals surface area (Å²) in [6.07, 6.45) is 1.47. The Morgan fingerprint density at radius 3 is 2.94 bits per heavy atom. The van der Waals surface area contributed by atoms with E-state index in [0.717, 1.165) is 31.6 Å². The first-order valence-electron chi connectivity index (χ1n) is 5.63. The third kappa shape index (κ3) is 2.92. The first-order chi connectivity index (χ1) is 8.06. The fraction of sp³-hybridized carbons (Fsp3) is 0.500. The second-order valence-electron chi connectivity index (χ2n) is 4.34. The fourth-order valence-corrected chi connectivity index (χ4v) is 3.01. The highest BCUT2D eigenvalue weighted by Gasteiger charge is 2.20. The monoisotopic (exact) mass is 253 g/mol. The molecule has 92 valence electrons. The summed E-state index contributed by atoms with van der Waals surface area (Å²) in [4.78, 5) is 25.6. The Kier molecular flexibility index (Phi) is 3.59. The van der Waals surface area contributed by atoms with E-state index in [4.69, 9.17) is 5.11 Å². The average molecular weight is 253 g/mol. The summed E-state index contributed by atoms with van der Waals surface area (Å²) >= 11 is 1.38. The number of fused-ring (bicyclic) bond motifs is 1. The second-order valence-corrected chi connectivity index (χ2v) is 5.48. The summed E-state index contributed by atoms with van der Waals surface area (Å²) in [6, 6.07) is 1.77. The van der Waals surface area contributed by atoms with Gasteiger partial charge in [-0.25, -0.2) is 4.79 Å². The van der Waals surface area contributed by atoms with Crippen LogP contribution < -0.4 is 0 Å². The van der Waals surface area contributed by atoms with Gasteiger partial charge in [-0.1, -0.05) is 0 Å². The highest BCUT2D eigenvalue weighted by molar-refractivity contribution is 7.14. The molecule has 4 nitrogen and oxygen atoms in total. The number of carboxylic acid groups (broad SMARTS) is 1. The van der Waals surface area contributed by atoms with Crippen LogP contribution >= 0.6 is 11.3 Å². The van der Waals surface area contributed by atoms with Crippen LogP contribution in [0.1, 0.15) is 33.5 Å². The minimum absolute atomic E-state index is 0.201. The van der Waals surface area contributed by atoms with Crippen molar-refractivity contribution < 1.29 is 14.7 Å². The minimum atomic E-state index is -0.848. The fourth-order valence-electron chi connectivity index (χ4n) is 2.00. The number of nitrogens with zero attached hydrogens (tertiary/aromatic N) is 1. The van der Waals surface area contributed by atoms with Gasteiger partial charge in [-0.05, 0) is 25.0 Å². The van der Waals surface area contributed by atoms with Crippen molar-refractivity contribution in [2.24, 2.45) is 0 Å².